The fourth-order valence-electron chi connectivity index (χ4n) is 3.45. The fourth-order valence-corrected chi connectivity index (χ4v) is 3.45. The maximum atomic E-state index is 13.1. The zero-order chi connectivity index (χ0) is 22.8. The van der Waals surface area contributed by atoms with Crippen molar-refractivity contribution < 1.29 is 4.79 Å². The Morgan fingerprint density at radius 1 is 1.19 bits per heavy atom. The van der Waals surface area contributed by atoms with E-state index in [4.69, 9.17) is 0 Å². The number of hydrogen-bond donors (Lipinski definition) is 2. The second-order valence-electron chi connectivity index (χ2n) is 7.64. The molecule has 0 aliphatic carbocycles. The van der Waals surface area contributed by atoms with Gasteiger partial charge in [-0.1, -0.05) is 26.0 Å². The molecule has 0 unspecified atom stereocenters. The molecule has 10 nitrogen and oxygen atoms in total. The monoisotopic (exact) mass is 433 g/mol. The Kier molecular flexibility index (Phi) is 5.67. The Balaban J connectivity index is 1.67. The minimum absolute atomic E-state index is 0.00924. The van der Waals surface area contributed by atoms with E-state index in [1.807, 2.05) is 38.1 Å². The van der Waals surface area contributed by atoms with E-state index in [9.17, 15) is 14.4 Å². The van der Waals surface area contributed by atoms with Crippen LogP contribution < -0.4 is 16.6 Å². The van der Waals surface area contributed by atoms with Crippen LogP contribution in [0.5, 0.6) is 0 Å². The van der Waals surface area contributed by atoms with Gasteiger partial charge in [0.25, 0.3) is 11.5 Å². The van der Waals surface area contributed by atoms with Crippen molar-refractivity contribution in [3.63, 3.8) is 0 Å². The smallest absolute Gasteiger partial charge is 0.329 e. The third-order valence-electron chi connectivity index (χ3n) is 5.19. The number of pyridine rings is 1. The van der Waals surface area contributed by atoms with Gasteiger partial charge in [-0.25, -0.2) is 19.4 Å². The van der Waals surface area contributed by atoms with Crippen molar-refractivity contribution in [3.05, 3.63) is 80.6 Å². The van der Waals surface area contributed by atoms with Crippen molar-refractivity contribution in [1.82, 2.24) is 34.6 Å². The molecule has 10 heteroatoms. The fraction of sp³-hybridized carbons (Fsp3) is 0.273. The quantitative estimate of drug-likeness (QED) is 0.477. The minimum Gasteiger partial charge on any atom is -0.348 e. The van der Waals surface area contributed by atoms with Crippen LogP contribution in [0.1, 0.15) is 48.3 Å². The summed E-state index contributed by atoms with van der Waals surface area (Å²) < 4.78 is 3.00. The molecule has 0 spiro atoms. The Morgan fingerprint density at radius 3 is 2.56 bits per heavy atom. The van der Waals surface area contributed by atoms with Gasteiger partial charge in [-0.3, -0.25) is 19.1 Å². The number of hydrogen-bond acceptors (Lipinski definition) is 6. The highest BCUT2D eigenvalue weighted by Gasteiger charge is 2.20. The third-order valence-corrected chi connectivity index (χ3v) is 5.19. The topological polar surface area (TPSA) is 128 Å². The lowest BCUT2D eigenvalue weighted by Crippen LogP contribution is -2.33. The molecule has 0 fully saturated rings. The van der Waals surface area contributed by atoms with E-state index < -0.39 is 17.2 Å². The molecule has 1 aromatic carbocycles. The summed E-state index contributed by atoms with van der Waals surface area (Å²) >= 11 is 0. The molecule has 0 radical (unpaired) electrons. The lowest BCUT2D eigenvalue weighted by molar-refractivity contribution is 0.0952. The molecule has 4 aromatic rings. The van der Waals surface area contributed by atoms with Gasteiger partial charge >= 0.3 is 5.69 Å². The summed E-state index contributed by atoms with van der Waals surface area (Å²) in [6, 6.07) is 9.13. The highest BCUT2D eigenvalue weighted by Crippen LogP contribution is 2.20. The van der Waals surface area contributed by atoms with Gasteiger partial charge < -0.3 is 5.32 Å². The molecule has 4 rings (SSSR count). The van der Waals surface area contributed by atoms with E-state index in [0.29, 0.717) is 12.2 Å². The lowest BCUT2D eigenvalue weighted by atomic mass is 10.0. The largest absolute Gasteiger partial charge is 0.348 e. The highest BCUT2D eigenvalue weighted by atomic mass is 16.2. The number of nitrogens with one attached hydrogen (secondary N) is 2. The average molecular weight is 433 g/mol. The van der Waals surface area contributed by atoms with Crippen molar-refractivity contribution in [1.29, 1.82) is 0 Å². The normalized spacial score (nSPS) is 11.2. The first-order valence-corrected chi connectivity index (χ1v) is 10.3. The first-order valence-electron chi connectivity index (χ1n) is 10.3. The molecule has 32 heavy (non-hydrogen) atoms. The van der Waals surface area contributed by atoms with E-state index in [0.717, 1.165) is 11.3 Å². The minimum atomic E-state index is -0.625. The summed E-state index contributed by atoms with van der Waals surface area (Å²) in [7, 11) is 0. The van der Waals surface area contributed by atoms with Crippen LogP contribution in [0.2, 0.25) is 0 Å². The van der Waals surface area contributed by atoms with Crippen molar-refractivity contribution in [2.24, 2.45) is 0 Å². The van der Waals surface area contributed by atoms with Crippen LogP contribution in [0.4, 0.5) is 0 Å². The van der Waals surface area contributed by atoms with Gasteiger partial charge in [0.1, 0.15) is 12.7 Å². The molecule has 164 valence electrons. The number of nitrogens with zero attached hydrogens (tertiary/aromatic N) is 5. The number of rotatable bonds is 6. The Bertz CT molecular complexity index is 1380. The summed E-state index contributed by atoms with van der Waals surface area (Å²) in [5, 5.41) is 7.05. The zero-order valence-corrected chi connectivity index (χ0v) is 18.0. The first-order chi connectivity index (χ1) is 15.4. The average Bonchev–Trinajstić information content (AvgIpc) is 3.32. The standard InChI is InChI=1S/C22H23N7O3/c1-4-28-19-18(21(31)27-22(28)32)16(9-17(26-19)13(2)3)20(30)24-10-14-5-7-15(8-6-14)29-12-23-11-25-29/h5-9,11-13H,4,10H2,1-3H3,(H,24,30)(H,27,31,32). The molecule has 0 aliphatic heterocycles. The molecular formula is C22H23N7O3. The number of amides is 1. The van der Waals surface area contributed by atoms with Crippen LogP contribution in [-0.2, 0) is 13.1 Å². The van der Waals surface area contributed by atoms with Crippen molar-refractivity contribution >= 4 is 16.9 Å². The molecule has 0 saturated carbocycles. The predicted octanol–water partition coefficient (Wildman–Crippen LogP) is 1.74. The SMILES string of the molecule is CCn1c(=O)[nH]c(=O)c2c(C(=O)NCc3ccc(-n4cncn4)cc3)cc(C(C)C)nc21. The molecule has 3 heterocycles. The van der Waals surface area contributed by atoms with E-state index in [-0.39, 0.29) is 29.1 Å². The van der Waals surface area contributed by atoms with Crippen LogP contribution in [0.3, 0.4) is 0 Å². The molecule has 1 amide bonds. The molecule has 3 aromatic heterocycles. The summed E-state index contributed by atoms with van der Waals surface area (Å²) in [5.74, 6) is -0.401. The summed E-state index contributed by atoms with van der Waals surface area (Å²) in [6.07, 6.45) is 3.06. The predicted molar refractivity (Wildman–Crippen MR) is 119 cm³/mol. The van der Waals surface area contributed by atoms with E-state index in [1.54, 1.807) is 24.0 Å². The number of aromatic nitrogens is 6. The van der Waals surface area contributed by atoms with E-state index in [2.05, 4.69) is 25.4 Å². The molecule has 0 saturated heterocycles. The molecule has 0 aliphatic rings. The highest BCUT2D eigenvalue weighted by molar-refractivity contribution is 6.05. The van der Waals surface area contributed by atoms with Crippen LogP contribution in [0, 0.1) is 0 Å². The van der Waals surface area contributed by atoms with Crippen molar-refractivity contribution in [2.75, 3.05) is 0 Å². The van der Waals surface area contributed by atoms with Crippen LogP contribution in [0.25, 0.3) is 16.7 Å². The zero-order valence-electron chi connectivity index (χ0n) is 18.0. The third kappa shape index (κ3) is 3.94. The summed E-state index contributed by atoms with van der Waals surface area (Å²) in [6.45, 7) is 6.25. The van der Waals surface area contributed by atoms with Gasteiger partial charge in [-0.15, -0.1) is 0 Å². The second-order valence-corrected chi connectivity index (χ2v) is 7.64. The summed E-state index contributed by atoms with van der Waals surface area (Å²) in [5.41, 5.74) is 1.60. The van der Waals surface area contributed by atoms with Crippen LogP contribution in [0.15, 0.2) is 52.6 Å². The Morgan fingerprint density at radius 2 is 1.94 bits per heavy atom. The van der Waals surface area contributed by atoms with Crippen LogP contribution in [-0.4, -0.2) is 35.2 Å². The molecule has 0 bridgehead atoms. The van der Waals surface area contributed by atoms with Gasteiger partial charge in [-0.05, 0) is 36.6 Å². The van der Waals surface area contributed by atoms with Gasteiger partial charge in [0.15, 0.2) is 5.65 Å². The van der Waals surface area contributed by atoms with E-state index in [1.165, 1.54) is 10.9 Å². The Hall–Kier alpha value is -4.08. The number of fused-ring (bicyclic) bond motifs is 1. The van der Waals surface area contributed by atoms with Crippen molar-refractivity contribution in [3.8, 4) is 5.69 Å². The number of carbonyl (C=O) groups is 1. The van der Waals surface area contributed by atoms with E-state index >= 15 is 0 Å². The molecular weight excluding hydrogens is 410 g/mol. The molecule has 2 N–H and O–H groups in total. The van der Waals surface area contributed by atoms with Gasteiger partial charge in [0.2, 0.25) is 0 Å². The van der Waals surface area contributed by atoms with Gasteiger partial charge in [0, 0.05) is 18.8 Å². The Labute approximate surface area is 183 Å². The lowest BCUT2D eigenvalue weighted by Gasteiger charge is -2.14. The maximum Gasteiger partial charge on any atom is 0.329 e. The second kappa shape index (κ2) is 8.58. The van der Waals surface area contributed by atoms with Gasteiger partial charge in [0.05, 0.1) is 16.6 Å². The van der Waals surface area contributed by atoms with Crippen molar-refractivity contribution in [2.45, 2.75) is 39.8 Å². The van der Waals surface area contributed by atoms with Gasteiger partial charge in [-0.2, -0.15) is 5.10 Å². The number of carbonyl (C=O) groups excluding carboxylic acids is 1. The number of benzene rings is 1. The molecule has 0 atom stereocenters. The van der Waals surface area contributed by atoms with Crippen LogP contribution >= 0.6 is 0 Å². The number of aryl methyl sites for hydroxylation is 1. The maximum absolute atomic E-state index is 13.1. The number of aromatic amines is 1. The first kappa shape index (κ1) is 21.2. The summed E-state index contributed by atoms with van der Waals surface area (Å²) in [4.78, 5) is 48.6. The number of H-pyrrole nitrogens is 1.